The average molecular weight is 303 g/mol. The van der Waals surface area contributed by atoms with Gasteiger partial charge in [-0.15, -0.1) is 24.8 Å². The summed E-state index contributed by atoms with van der Waals surface area (Å²) in [6, 6.07) is 4.84. The summed E-state index contributed by atoms with van der Waals surface area (Å²) in [5.41, 5.74) is 3.44. The zero-order chi connectivity index (χ0) is 11.8. The molecule has 0 radical (unpaired) electrons. The Balaban J connectivity index is 0.000000902. The molecule has 3 rings (SSSR count). The smallest absolute Gasteiger partial charge is 0.137 e. The minimum absolute atomic E-state index is 0. The van der Waals surface area contributed by atoms with E-state index in [2.05, 4.69) is 58.1 Å². The molecule has 0 spiro atoms. The first-order chi connectivity index (χ1) is 8.22. The molecule has 1 aliphatic rings. The van der Waals surface area contributed by atoms with Gasteiger partial charge in [-0.05, 0) is 25.6 Å². The number of aromatic nitrogens is 2. The van der Waals surface area contributed by atoms with Gasteiger partial charge in [0.25, 0.3) is 0 Å². The number of likely N-dealkylation sites (N-methyl/N-ethyl adjacent to an activating group) is 1. The summed E-state index contributed by atoms with van der Waals surface area (Å²) >= 11 is 0. The molecule has 2 aromatic rings. The van der Waals surface area contributed by atoms with Crippen LogP contribution in [0.15, 0.2) is 24.5 Å². The summed E-state index contributed by atoms with van der Waals surface area (Å²) in [7, 11) is 2.17. The van der Waals surface area contributed by atoms with Crippen molar-refractivity contribution in [3.8, 4) is 0 Å². The monoisotopic (exact) mass is 302 g/mol. The molecule has 2 aromatic heterocycles. The maximum atomic E-state index is 4.64. The fraction of sp³-hybridized carbons (Fsp3) is 0.462. The van der Waals surface area contributed by atoms with Crippen LogP contribution in [-0.2, 0) is 6.54 Å². The topological polar surface area (TPSA) is 32.6 Å². The molecular formula is C13H20Cl2N4. The predicted octanol–water partition coefficient (Wildman–Crippen LogP) is 1.89. The van der Waals surface area contributed by atoms with E-state index in [1.165, 1.54) is 5.56 Å². The van der Waals surface area contributed by atoms with E-state index in [4.69, 9.17) is 0 Å². The van der Waals surface area contributed by atoms with Crippen molar-refractivity contribution >= 4 is 30.5 Å². The van der Waals surface area contributed by atoms with Crippen molar-refractivity contribution in [2.75, 3.05) is 20.1 Å². The van der Waals surface area contributed by atoms with E-state index in [-0.39, 0.29) is 24.8 Å². The van der Waals surface area contributed by atoms with E-state index >= 15 is 0 Å². The molecule has 0 aliphatic carbocycles. The van der Waals surface area contributed by atoms with Crippen LogP contribution in [0.3, 0.4) is 0 Å². The fourth-order valence-corrected chi connectivity index (χ4v) is 2.20. The van der Waals surface area contributed by atoms with Crippen LogP contribution in [0.4, 0.5) is 0 Å². The largest absolute Gasteiger partial charge is 0.314 e. The molecule has 1 aliphatic heterocycles. The average Bonchev–Trinajstić information content (AvgIpc) is 2.55. The minimum Gasteiger partial charge on any atom is -0.314 e. The number of imidazole rings is 1. The molecule has 0 bridgehead atoms. The summed E-state index contributed by atoms with van der Waals surface area (Å²) in [4.78, 5) is 7.00. The number of pyridine rings is 1. The van der Waals surface area contributed by atoms with Gasteiger partial charge in [-0.1, -0.05) is 6.07 Å². The van der Waals surface area contributed by atoms with Gasteiger partial charge in [-0.2, -0.15) is 0 Å². The van der Waals surface area contributed by atoms with Crippen LogP contribution >= 0.6 is 24.8 Å². The van der Waals surface area contributed by atoms with Crippen molar-refractivity contribution in [3.05, 3.63) is 35.8 Å². The number of halogens is 2. The molecule has 6 heteroatoms. The lowest BCUT2D eigenvalue weighted by molar-refractivity contribution is 0.171. The molecule has 1 saturated heterocycles. The van der Waals surface area contributed by atoms with Gasteiger partial charge in [-0.25, -0.2) is 4.98 Å². The van der Waals surface area contributed by atoms with Crippen molar-refractivity contribution in [2.24, 2.45) is 0 Å². The number of nitrogens with one attached hydrogen (secondary N) is 1. The Kier molecular flexibility index (Phi) is 5.62. The third-order valence-corrected chi connectivity index (χ3v) is 3.44. The van der Waals surface area contributed by atoms with Gasteiger partial charge in [0.2, 0.25) is 0 Å². The molecule has 0 saturated carbocycles. The second kappa shape index (κ2) is 6.57. The summed E-state index contributed by atoms with van der Waals surface area (Å²) < 4.78 is 2.11. The molecule has 0 aromatic carbocycles. The van der Waals surface area contributed by atoms with Crippen molar-refractivity contribution in [1.29, 1.82) is 0 Å². The third kappa shape index (κ3) is 3.39. The third-order valence-electron chi connectivity index (χ3n) is 3.44. The van der Waals surface area contributed by atoms with Gasteiger partial charge in [0, 0.05) is 38.1 Å². The molecule has 4 nitrogen and oxygen atoms in total. The summed E-state index contributed by atoms with van der Waals surface area (Å²) in [6.45, 7) is 5.23. The van der Waals surface area contributed by atoms with E-state index in [1.807, 2.05) is 0 Å². The van der Waals surface area contributed by atoms with Crippen LogP contribution in [0.5, 0.6) is 0 Å². The van der Waals surface area contributed by atoms with E-state index in [0.717, 1.165) is 31.0 Å². The quantitative estimate of drug-likeness (QED) is 0.940. The van der Waals surface area contributed by atoms with Gasteiger partial charge in [-0.3, -0.25) is 4.90 Å². The molecule has 106 valence electrons. The van der Waals surface area contributed by atoms with Gasteiger partial charge < -0.3 is 9.72 Å². The second-order valence-electron chi connectivity index (χ2n) is 4.93. The highest BCUT2D eigenvalue weighted by Crippen LogP contribution is 2.11. The van der Waals surface area contributed by atoms with Gasteiger partial charge in [0.15, 0.2) is 0 Å². The zero-order valence-corrected chi connectivity index (χ0v) is 12.8. The predicted molar refractivity (Wildman–Crippen MR) is 82.5 cm³/mol. The number of rotatable bonds is 3. The normalized spacial score (nSPS) is 14.9. The number of nitrogens with zero attached hydrogens (tertiary/aromatic N) is 3. The minimum atomic E-state index is 0. The van der Waals surface area contributed by atoms with Crippen LogP contribution in [0, 0.1) is 6.92 Å². The highest BCUT2D eigenvalue weighted by atomic mass is 35.5. The molecule has 0 unspecified atom stereocenters. The molecule has 1 fully saturated rings. The Morgan fingerprint density at radius 1 is 1.32 bits per heavy atom. The summed E-state index contributed by atoms with van der Waals surface area (Å²) in [6.07, 6.45) is 4.25. The number of hydrogen-bond donors (Lipinski definition) is 1. The maximum absolute atomic E-state index is 4.64. The van der Waals surface area contributed by atoms with Crippen LogP contribution in [-0.4, -0.2) is 40.5 Å². The Morgan fingerprint density at radius 2 is 2.05 bits per heavy atom. The van der Waals surface area contributed by atoms with E-state index in [0.29, 0.717) is 6.04 Å². The maximum Gasteiger partial charge on any atom is 0.137 e. The Hall–Kier alpha value is -0.810. The van der Waals surface area contributed by atoms with Crippen molar-refractivity contribution in [2.45, 2.75) is 19.5 Å². The van der Waals surface area contributed by atoms with Gasteiger partial charge in [0.1, 0.15) is 5.65 Å². The second-order valence-corrected chi connectivity index (χ2v) is 4.93. The Labute approximate surface area is 126 Å². The highest BCUT2D eigenvalue weighted by molar-refractivity contribution is 5.85. The first-order valence-corrected chi connectivity index (χ1v) is 6.07. The van der Waals surface area contributed by atoms with Crippen LogP contribution in [0.2, 0.25) is 0 Å². The lowest BCUT2D eigenvalue weighted by Crippen LogP contribution is -2.55. The van der Waals surface area contributed by atoms with Crippen molar-refractivity contribution in [1.82, 2.24) is 19.6 Å². The fourth-order valence-electron chi connectivity index (χ4n) is 2.20. The standard InChI is InChI=1S/C13H18N4.2ClH/c1-10-3-4-13-15-11(9-17(13)7-10)8-16(2)12-5-14-6-12;;/h3-4,7,9,12,14H,5-6,8H2,1-2H3;2*1H. The van der Waals surface area contributed by atoms with Crippen LogP contribution in [0.1, 0.15) is 11.3 Å². The van der Waals surface area contributed by atoms with Crippen molar-refractivity contribution < 1.29 is 0 Å². The molecule has 0 amide bonds. The number of fused-ring (bicyclic) bond motifs is 1. The lowest BCUT2D eigenvalue weighted by Gasteiger charge is -2.35. The SMILES string of the molecule is Cc1ccc2nc(CN(C)C3CNC3)cn2c1.Cl.Cl. The lowest BCUT2D eigenvalue weighted by atomic mass is 10.1. The zero-order valence-electron chi connectivity index (χ0n) is 11.2. The molecule has 3 heterocycles. The summed E-state index contributed by atoms with van der Waals surface area (Å²) in [5, 5.41) is 3.29. The number of hydrogen-bond acceptors (Lipinski definition) is 3. The van der Waals surface area contributed by atoms with Gasteiger partial charge in [0.05, 0.1) is 5.69 Å². The molecule has 1 N–H and O–H groups in total. The molecule has 19 heavy (non-hydrogen) atoms. The van der Waals surface area contributed by atoms with Gasteiger partial charge >= 0.3 is 0 Å². The van der Waals surface area contributed by atoms with E-state index in [9.17, 15) is 0 Å². The van der Waals surface area contributed by atoms with E-state index < -0.39 is 0 Å². The Morgan fingerprint density at radius 3 is 2.68 bits per heavy atom. The highest BCUT2D eigenvalue weighted by Gasteiger charge is 2.21. The Bertz CT molecular complexity index is 536. The van der Waals surface area contributed by atoms with Crippen molar-refractivity contribution in [3.63, 3.8) is 0 Å². The molecular weight excluding hydrogens is 283 g/mol. The van der Waals surface area contributed by atoms with Crippen LogP contribution in [0.25, 0.3) is 5.65 Å². The van der Waals surface area contributed by atoms with E-state index in [1.54, 1.807) is 0 Å². The first kappa shape index (κ1) is 16.2. The summed E-state index contributed by atoms with van der Waals surface area (Å²) in [5.74, 6) is 0. The number of aryl methyl sites for hydroxylation is 1. The first-order valence-electron chi connectivity index (χ1n) is 6.07. The van der Waals surface area contributed by atoms with Crippen LogP contribution < -0.4 is 5.32 Å². The molecule has 0 atom stereocenters.